The normalized spacial score (nSPS) is 9.78. The maximum Gasteiger partial charge on any atom is 0.123 e. The van der Waals surface area contributed by atoms with Crippen LogP contribution < -0.4 is 4.74 Å². The van der Waals surface area contributed by atoms with Crippen LogP contribution >= 0.6 is 15.9 Å². The summed E-state index contributed by atoms with van der Waals surface area (Å²) < 4.78 is 5.77. The predicted molar refractivity (Wildman–Crippen MR) is 74.6 cm³/mol. The molecule has 0 heterocycles. The molecule has 18 heavy (non-hydrogen) atoms. The molecule has 0 aromatic heterocycles. The number of hydrogen-bond donors (Lipinski definition) is 0. The molecule has 90 valence electrons. The second-order valence-corrected chi connectivity index (χ2v) is 4.40. The number of ether oxygens (including phenoxy) is 1. The highest BCUT2D eigenvalue weighted by Gasteiger charge is 2.04. The van der Waals surface area contributed by atoms with E-state index in [9.17, 15) is 0 Å². The van der Waals surface area contributed by atoms with Gasteiger partial charge in [0.2, 0.25) is 0 Å². The van der Waals surface area contributed by atoms with E-state index in [-0.39, 0.29) is 0 Å². The van der Waals surface area contributed by atoms with E-state index in [1.807, 2.05) is 42.5 Å². The van der Waals surface area contributed by atoms with Crippen LogP contribution in [0, 0.1) is 11.3 Å². The van der Waals surface area contributed by atoms with Crippen molar-refractivity contribution in [3.8, 4) is 11.8 Å². The van der Waals surface area contributed by atoms with Gasteiger partial charge in [-0.1, -0.05) is 46.3 Å². The lowest BCUT2D eigenvalue weighted by molar-refractivity contribution is 0.304. The Kier molecular flexibility index (Phi) is 4.38. The Morgan fingerprint density at radius 1 is 1.11 bits per heavy atom. The summed E-state index contributed by atoms with van der Waals surface area (Å²) in [6.07, 6.45) is 0. The van der Waals surface area contributed by atoms with Gasteiger partial charge >= 0.3 is 0 Å². The molecule has 0 spiro atoms. The smallest absolute Gasteiger partial charge is 0.123 e. The van der Waals surface area contributed by atoms with Crippen LogP contribution in [0.3, 0.4) is 0 Å². The van der Waals surface area contributed by atoms with Crippen molar-refractivity contribution in [3.05, 3.63) is 65.2 Å². The van der Waals surface area contributed by atoms with Gasteiger partial charge in [-0.25, -0.2) is 0 Å². The Morgan fingerprint density at radius 3 is 2.56 bits per heavy atom. The molecular formula is C15H12BrNO. The van der Waals surface area contributed by atoms with Crippen molar-refractivity contribution in [1.82, 2.24) is 0 Å². The number of benzene rings is 2. The van der Waals surface area contributed by atoms with E-state index < -0.39 is 0 Å². The first kappa shape index (κ1) is 12.7. The largest absolute Gasteiger partial charge is 0.489 e. The molecule has 0 amide bonds. The Labute approximate surface area is 115 Å². The molecule has 2 aromatic rings. The van der Waals surface area contributed by atoms with E-state index in [1.165, 1.54) is 0 Å². The monoisotopic (exact) mass is 301 g/mol. The first-order chi connectivity index (χ1) is 8.83. The van der Waals surface area contributed by atoms with Crippen molar-refractivity contribution >= 4 is 15.9 Å². The van der Waals surface area contributed by atoms with Crippen LogP contribution in [-0.4, -0.2) is 0 Å². The molecule has 0 unspecified atom stereocenters. The third-order valence-corrected chi connectivity index (χ3v) is 3.17. The summed E-state index contributed by atoms with van der Waals surface area (Å²) >= 11 is 3.41. The number of alkyl halides is 1. The van der Waals surface area contributed by atoms with Gasteiger partial charge in [0.1, 0.15) is 12.4 Å². The summed E-state index contributed by atoms with van der Waals surface area (Å²) in [7, 11) is 0. The molecule has 0 saturated heterocycles. The standard InChI is InChI=1S/C15H12BrNO/c16-9-14-8-13(10-17)6-7-15(14)18-11-12-4-2-1-3-5-12/h1-8H,9,11H2. The fraction of sp³-hybridized carbons (Fsp3) is 0.133. The zero-order valence-electron chi connectivity index (χ0n) is 9.77. The third kappa shape index (κ3) is 3.12. The second kappa shape index (κ2) is 6.23. The van der Waals surface area contributed by atoms with E-state index in [4.69, 9.17) is 10.00 Å². The lowest BCUT2D eigenvalue weighted by atomic mass is 10.1. The summed E-state index contributed by atoms with van der Waals surface area (Å²) in [5, 5.41) is 9.52. The van der Waals surface area contributed by atoms with Gasteiger partial charge in [-0.05, 0) is 23.8 Å². The molecular weight excluding hydrogens is 290 g/mol. The van der Waals surface area contributed by atoms with Crippen LogP contribution in [0.15, 0.2) is 48.5 Å². The van der Waals surface area contributed by atoms with E-state index in [0.717, 1.165) is 16.9 Å². The molecule has 2 rings (SSSR count). The summed E-state index contributed by atoms with van der Waals surface area (Å²) in [5.74, 6) is 0.815. The van der Waals surface area contributed by atoms with Crippen molar-refractivity contribution in [3.63, 3.8) is 0 Å². The molecule has 0 bridgehead atoms. The average Bonchev–Trinajstić information content (AvgIpc) is 2.46. The molecule has 0 radical (unpaired) electrons. The number of halogens is 1. The lowest BCUT2D eigenvalue weighted by Gasteiger charge is -2.10. The number of nitrogens with zero attached hydrogens (tertiary/aromatic N) is 1. The molecule has 0 aliphatic carbocycles. The van der Waals surface area contributed by atoms with Crippen LogP contribution in [0.4, 0.5) is 0 Å². The van der Waals surface area contributed by atoms with Gasteiger partial charge < -0.3 is 4.74 Å². The lowest BCUT2D eigenvalue weighted by Crippen LogP contribution is -1.98. The number of nitriles is 1. The van der Waals surface area contributed by atoms with Crippen molar-refractivity contribution in [2.45, 2.75) is 11.9 Å². The molecule has 0 aliphatic heterocycles. The van der Waals surface area contributed by atoms with Crippen LogP contribution in [0.1, 0.15) is 16.7 Å². The summed E-state index contributed by atoms with van der Waals surface area (Å²) in [6.45, 7) is 0.534. The highest BCUT2D eigenvalue weighted by Crippen LogP contribution is 2.23. The van der Waals surface area contributed by atoms with Crippen LogP contribution in [0.25, 0.3) is 0 Å². The van der Waals surface area contributed by atoms with Gasteiger partial charge in [-0.3, -0.25) is 0 Å². The van der Waals surface area contributed by atoms with E-state index in [0.29, 0.717) is 17.5 Å². The van der Waals surface area contributed by atoms with Gasteiger partial charge in [-0.15, -0.1) is 0 Å². The molecule has 0 atom stereocenters. The van der Waals surface area contributed by atoms with Crippen molar-refractivity contribution < 1.29 is 4.74 Å². The molecule has 2 aromatic carbocycles. The molecule has 0 aliphatic rings. The van der Waals surface area contributed by atoms with E-state index >= 15 is 0 Å². The topological polar surface area (TPSA) is 33.0 Å². The highest BCUT2D eigenvalue weighted by atomic mass is 79.9. The van der Waals surface area contributed by atoms with Crippen molar-refractivity contribution in [2.75, 3.05) is 0 Å². The molecule has 0 N–H and O–H groups in total. The van der Waals surface area contributed by atoms with Gasteiger partial charge in [0.25, 0.3) is 0 Å². The second-order valence-electron chi connectivity index (χ2n) is 3.84. The zero-order chi connectivity index (χ0) is 12.8. The molecule has 2 nitrogen and oxygen atoms in total. The van der Waals surface area contributed by atoms with Gasteiger partial charge in [0.15, 0.2) is 0 Å². The van der Waals surface area contributed by atoms with Gasteiger partial charge in [0, 0.05) is 10.9 Å². The Bertz CT molecular complexity index is 560. The minimum atomic E-state index is 0.534. The third-order valence-electron chi connectivity index (χ3n) is 2.57. The van der Waals surface area contributed by atoms with E-state index in [2.05, 4.69) is 22.0 Å². The number of hydrogen-bond acceptors (Lipinski definition) is 2. The first-order valence-electron chi connectivity index (χ1n) is 5.59. The van der Waals surface area contributed by atoms with Crippen LogP contribution in [-0.2, 0) is 11.9 Å². The van der Waals surface area contributed by atoms with Gasteiger partial charge in [0.05, 0.1) is 11.6 Å². The maximum atomic E-state index is 8.85. The summed E-state index contributed by atoms with van der Waals surface area (Å²) in [6, 6.07) is 17.6. The van der Waals surface area contributed by atoms with Crippen molar-refractivity contribution in [1.29, 1.82) is 5.26 Å². The minimum Gasteiger partial charge on any atom is -0.489 e. The average molecular weight is 302 g/mol. The fourth-order valence-corrected chi connectivity index (χ4v) is 2.07. The first-order valence-corrected chi connectivity index (χ1v) is 6.71. The fourth-order valence-electron chi connectivity index (χ4n) is 1.63. The zero-order valence-corrected chi connectivity index (χ0v) is 11.4. The molecule has 0 saturated carbocycles. The van der Waals surface area contributed by atoms with Gasteiger partial charge in [-0.2, -0.15) is 5.26 Å². The SMILES string of the molecule is N#Cc1ccc(OCc2ccccc2)c(CBr)c1. The van der Waals surface area contributed by atoms with Crippen LogP contribution in [0.5, 0.6) is 5.75 Å². The molecule has 0 fully saturated rings. The number of rotatable bonds is 4. The van der Waals surface area contributed by atoms with Crippen molar-refractivity contribution in [2.24, 2.45) is 0 Å². The minimum absolute atomic E-state index is 0.534. The quantitative estimate of drug-likeness (QED) is 0.799. The van der Waals surface area contributed by atoms with Crippen LogP contribution in [0.2, 0.25) is 0 Å². The maximum absolute atomic E-state index is 8.85. The molecule has 3 heteroatoms. The highest BCUT2D eigenvalue weighted by molar-refractivity contribution is 9.08. The van der Waals surface area contributed by atoms with E-state index in [1.54, 1.807) is 6.07 Å². The summed E-state index contributed by atoms with van der Waals surface area (Å²) in [4.78, 5) is 0. The Hall–Kier alpha value is -1.79. The predicted octanol–water partition coefficient (Wildman–Crippen LogP) is 4.03. The Morgan fingerprint density at radius 2 is 1.89 bits per heavy atom. The Balaban J connectivity index is 2.12. The summed E-state index contributed by atoms with van der Waals surface area (Å²) in [5.41, 5.74) is 2.77.